The highest BCUT2D eigenvalue weighted by molar-refractivity contribution is 6.04. The van der Waals surface area contributed by atoms with Gasteiger partial charge in [0.15, 0.2) is 0 Å². The van der Waals surface area contributed by atoms with Gasteiger partial charge in [0.2, 0.25) is 5.82 Å². The average molecular weight is 479 g/mol. The predicted octanol–water partition coefficient (Wildman–Crippen LogP) is 6.32. The van der Waals surface area contributed by atoms with Gasteiger partial charge in [0.25, 0.3) is 5.91 Å². The number of halogens is 6. The Morgan fingerprint density at radius 2 is 1.53 bits per heavy atom. The van der Waals surface area contributed by atoms with Crippen LogP contribution in [0.4, 0.5) is 32.0 Å². The van der Waals surface area contributed by atoms with Crippen molar-refractivity contribution in [2.75, 3.05) is 12.4 Å². The predicted molar refractivity (Wildman–Crippen MR) is 112 cm³/mol. The number of hydrogen-bond donors (Lipinski definition) is 1. The molecule has 0 aliphatic heterocycles. The van der Waals surface area contributed by atoms with Crippen LogP contribution in [0.5, 0.6) is 5.75 Å². The Balaban J connectivity index is 1.62. The molecule has 4 rings (SSSR count). The van der Waals surface area contributed by atoms with Gasteiger partial charge < -0.3 is 10.1 Å². The molecule has 1 N–H and O–H groups in total. The Hall–Kier alpha value is -4.02. The van der Waals surface area contributed by atoms with Crippen molar-refractivity contribution < 1.29 is 35.9 Å². The van der Waals surface area contributed by atoms with Gasteiger partial charge in [0, 0.05) is 23.0 Å². The smallest absolute Gasteiger partial charge is 0.450 e. The molecule has 0 saturated heterocycles. The molecule has 1 aromatic heterocycles. The van der Waals surface area contributed by atoms with Crippen LogP contribution in [0.25, 0.3) is 16.7 Å². The van der Waals surface area contributed by atoms with Crippen LogP contribution in [0.15, 0.2) is 66.7 Å². The minimum atomic E-state index is -4.73. The highest BCUT2D eigenvalue weighted by atomic mass is 19.4. The van der Waals surface area contributed by atoms with Gasteiger partial charge in [-0.15, -0.1) is 0 Å². The molecule has 0 bridgehead atoms. The lowest BCUT2D eigenvalue weighted by atomic mass is 10.1. The number of anilines is 1. The minimum Gasteiger partial charge on any atom is -0.497 e. The number of nitrogens with zero attached hydrogens (tertiary/aromatic N) is 2. The molecule has 0 fully saturated rings. The monoisotopic (exact) mass is 479 g/mol. The largest absolute Gasteiger partial charge is 0.497 e. The maximum atomic E-state index is 13.7. The number of hydrogen-bond acceptors (Lipinski definition) is 3. The molecule has 1 amide bonds. The van der Waals surface area contributed by atoms with Crippen molar-refractivity contribution >= 4 is 22.6 Å². The molecule has 0 spiro atoms. The molecule has 11 heteroatoms. The first-order chi connectivity index (χ1) is 16.0. The van der Waals surface area contributed by atoms with Crippen LogP contribution in [0.2, 0.25) is 0 Å². The van der Waals surface area contributed by atoms with Crippen molar-refractivity contribution in [2.24, 2.45) is 0 Å². The molecule has 176 valence electrons. The number of rotatable bonds is 4. The molecule has 4 aromatic rings. The Morgan fingerprint density at radius 1 is 0.882 bits per heavy atom. The standard InChI is InChI=1S/C23H15F6N3O2/c1-34-17-10-11-19-18(12-17)31-21(23(27,28)29)32(19)16-8-6-15(7-9-16)30-20(33)13-2-4-14(5-3-13)22(24,25)26/h2-12H,1H3,(H,30,33). The van der Waals surface area contributed by atoms with Gasteiger partial charge in [-0.25, -0.2) is 4.98 Å². The van der Waals surface area contributed by atoms with E-state index in [2.05, 4.69) is 10.3 Å². The van der Waals surface area contributed by atoms with Gasteiger partial charge >= 0.3 is 12.4 Å². The van der Waals surface area contributed by atoms with E-state index in [4.69, 9.17) is 4.74 Å². The van der Waals surface area contributed by atoms with E-state index in [0.717, 1.165) is 28.8 Å². The van der Waals surface area contributed by atoms with Crippen LogP contribution in [0, 0.1) is 0 Å². The molecule has 0 atom stereocenters. The summed E-state index contributed by atoms with van der Waals surface area (Å²) in [6.45, 7) is 0. The van der Waals surface area contributed by atoms with Crippen LogP contribution in [-0.4, -0.2) is 22.6 Å². The van der Waals surface area contributed by atoms with E-state index in [-0.39, 0.29) is 28.0 Å². The van der Waals surface area contributed by atoms with Crippen LogP contribution >= 0.6 is 0 Å². The number of fused-ring (bicyclic) bond motifs is 1. The SMILES string of the molecule is COc1ccc2c(c1)nc(C(F)(F)F)n2-c1ccc(NC(=O)c2ccc(C(F)(F)F)cc2)cc1. The first-order valence-corrected chi connectivity index (χ1v) is 9.70. The summed E-state index contributed by atoms with van der Waals surface area (Å²) in [5.74, 6) is -1.44. The molecule has 0 aliphatic rings. The van der Waals surface area contributed by atoms with Gasteiger partial charge in [-0.3, -0.25) is 9.36 Å². The van der Waals surface area contributed by atoms with Gasteiger partial charge in [-0.1, -0.05) is 0 Å². The summed E-state index contributed by atoms with van der Waals surface area (Å²) in [6.07, 6.45) is -9.26. The van der Waals surface area contributed by atoms with Crippen LogP contribution in [0.1, 0.15) is 21.7 Å². The highest BCUT2D eigenvalue weighted by Gasteiger charge is 2.38. The molecular weight excluding hydrogens is 464 g/mol. The number of methoxy groups -OCH3 is 1. The fraction of sp³-hybridized carbons (Fsp3) is 0.130. The number of carbonyl (C=O) groups is 1. The summed E-state index contributed by atoms with van der Waals surface area (Å²) in [5, 5.41) is 2.50. The van der Waals surface area contributed by atoms with Crippen molar-refractivity contribution in [1.29, 1.82) is 0 Å². The number of nitrogens with one attached hydrogen (secondary N) is 1. The number of benzene rings is 3. The Morgan fingerprint density at radius 3 is 2.09 bits per heavy atom. The van der Waals surface area contributed by atoms with Crippen molar-refractivity contribution in [3.05, 3.63) is 83.7 Å². The van der Waals surface area contributed by atoms with E-state index in [1.807, 2.05) is 0 Å². The summed E-state index contributed by atoms with van der Waals surface area (Å²) in [4.78, 5) is 16.1. The number of imidazole rings is 1. The van der Waals surface area contributed by atoms with Crippen molar-refractivity contribution in [2.45, 2.75) is 12.4 Å². The van der Waals surface area contributed by atoms with E-state index < -0.39 is 29.6 Å². The van der Waals surface area contributed by atoms with Gasteiger partial charge in [-0.05, 0) is 60.7 Å². The molecule has 0 saturated carbocycles. The summed E-state index contributed by atoms with van der Waals surface area (Å²) in [7, 11) is 1.39. The zero-order valence-electron chi connectivity index (χ0n) is 17.3. The molecule has 0 radical (unpaired) electrons. The number of aromatic nitrogens is 2. The lowest BCUT2D eigenvalue weighted by Crippen LogP contribution is -2.14. The quantitative estimate of drug-likeness (QED) is 0.349. The summed E-state index contributed by atoms with van der Waals surface area (Å²) >= 11 is 0. The van der Waals surface area contributed by atoms with Crippen LogP contribution in [0.3, 0.4) is 0 Å². The molecule has 3 aromatic carbocycles. The number of amides is 1. The second kappa shape index (κ2) is 8.40. The summed E-state index contributed by atoms with van der Waals surface area (Å²) in [6, 6.07) is 13.5. The highest BCUT2D eigenvalue weighted by Crippen LogP contribution is 2.35. The maximum Gasteiger partial charge on any atom is 0.450 e. The number of carbonyl (C=O) groups excluding carboxylic acids is 1. The zero-order valence-corrected chi connectivity index (χ0v) is 17.3. The first-order valence-electron chi connectivity index (χ1n) is 9.70. The lowest BCUT2D eigenvalue weighted by molar-refractivity contribution is -0.145. The van der Waals surface area contributed by atoms with E-state index >= 15 is 0 Å². The second-order valence-electron chi connectivity index (χ2n) is 7.20. The normalized spacial score (nSPS) is 12.1. The van der Waals surface area contributed by atoms with Crippen LogP contribution < -0.4 is 10.1 Å². The Kier molecular flexibility index (Phi) is 5.72. The van der Waals surface area contributed by atoms with Crippen molar-refractivity contribution in [3.63, 3.8) is 0 Å². The molecule has 34 heavy (non-hydrogen) atoms. The summed E-state index contributed by atoms with van der Waals surface area (Å²) in [5.41, 5.74) is -0.216. The molecule has 0 aliphatic carbocycles. The van der Waals surface area contributed by atoms with Crippen molar-refractivity contribution in [3.8, 4) is 11.4 Å². The lowest BCUT2D eigenvalue weighted by Gasteiger charge is -2.13. The molecule has 5 nitrogen and oxygen atoms in total. The molecular formula is C23H15F6N3O2. The van der Waals surface area contributed by atoms with Gasteiger partial charge in [0.05, 0.1) is 23.7 Å². The average Bonchev–Trinajstić information content (AvgIpc) is 3.18. The minimum absolute atomic E-state index is 0.00835. The van der Waals surface area contributed by atoms with Gasteiger partial charge in [-0.2, -0.15) is 26.3 Å². The van der Waals surface area contributed by atoms with E-state index in [9.17, 15) is 31.1 Å². The van der Waals surface area contributed by atoms with Gasteiger partial charge in [0.1, 0.15) is 5.75 Å². The second-order valence-corrected chi connectivity index (χ2v) is 7.20. The topological polar surface area (TPSA) is 56.1 Å². The Bertz CT molecular complexity index is 1340. The number of alkyl halides is 6. The summed E-state index contributed by atoms with van der Waals surface area (Å²) < 4.78 is 85.0. The third-order valence-corrected chi connectivity index (χ3v) is 4.97. The maximum absolute atomic E-state index is 13.7. The Labute approximate surface area is 188 Å². The first kappa shape index (κ1) is 23.1. The van der Waals surface area contributed by atoms with Crippen LogP contribution in [-0.2, 0) is 12.4 Å². The number of ether oxygens (including phenoxy) is 1. The van der Waals surface area contributed by atoms with Crippen molar-refractivity contribution in [1.82, 2.24) is 9.55 Å². The van der Waals surface area contributed by atoms with E-state index in [1.54, 1.807) is 0 Å². The zero-order chi connectivity index (χ0) is 24.7. The molecule has 1 heterocycles. The fourth-order valence-corrected chi connectivity index (χ4v) is 3.35. The van der Waals surface area contributed by atoms with E-state index in [1.165, 1.54) is 49.6 Å². The third-order valence-electron chi connectivity index (χ3n) is 4.97. The van der Waals surface area contributed by atoms with E-state index in [0.29, 0.717) is 5.75 Å². The fourth-order valence-electron chi connectivity index (χ4n) is 3.35. The molecule has 0 unspecified atom stereocenters. The third kappa shape index (κ3) is 4.54.